The predicted molar refractivity (Wildman–Crippen MR) is 98.6 cm³/mol. The van der Waals surface area contributed by atoms with Gasteiger partial charge in [-0.1, -0.05) is 12.8 Å². The predicted octanol–water partition coefficient (Wildman–Crippen LogP) is 2.53. The molecular formula is C19H28F2N4O. The third-order valence-electron chi connectivity index (χ3n) is 5.18. The van der Waals surface area contributed by atoms with Gasteiger partial charge in [0.15, 0.2) is 17.6 Å². The summed E-state index contributed by atoms with van der Waals surface area (Å²) in [7, 11) is 1.75. The smallest absolute Gasteiger partial charge is 0.191 e. The Morgan fingerprint density at radius 1 is 1.23 bits per heavy atom. The van der Waals surface area contributed by atoms with E-state index in [1.54, 1.807) is 7.05 Å². The number of likely N-dealkylation sites (tertiary alicyclic amines) is 1. The van der Waals surface area contributed by atoms with Gasteiger partial charge in [0, 0.05) is 38.3 Å². The molecule has 3 rings (SSSR count). The molecule has 1 aliphatic carbocycles. The molecule has 1 atom stereocenters. The average molecular weight is 366 g/mol. The van der Waals surface area contributed by atoms with Crippen molar-refractivity contribution in [2.75, 3.05) is 33.3 Å². The molecule has 1 aliphatic heterocycles. The number of hydrogen-bond donors (Lipinski definition) is 2. The number of benzene rings is 1. The van der Waals surface area contributed by atoms with E-state index in [0.717, 1.165) is 43.6 Å². The van der Waals surface area contributed by atoms with Gasteiger partial charge in [-0.15, -0.1) is 0 Å². The Morgan fingerprint density at radius 3 is 2.77 bits per heavy atom. The van der Waals surface area contributed by atoms with Crippen LogP contribution in [0.25, 0.3) is 0 Å². The minimum atomic E-state index is -0.902. The summed E-state index contributed by atoms with van der Waals surface area (Å²) in [5.74, 6) is -0.710. The summed E-state index contributed by atoms with van der Waals surface area (Å²) in [5.41, 5.74) is 0. The second kappa shape index (κ2) is 9.16. The molecule has 0 aromatic heterocycles. The van der Waals surface area contributed by atoms with Gasteiger partial charge in [-0.25, -0.2) is 8.78 Å². The maximum Gasteiger partial charge on any atom is 0.191 e. The molecule has 1 saturated carbocycles. The number of nitrogens with zero attached hydrogens (tertiary/aromatic N) is 2. The van der Waals surface area contributed by atoms with Crippen LogP contribution in [-0.2, 0) is 0 Å². The molecular weight excluding hydrogens is 338 g/mol. The zero-order valence-electron chi connectivity index (χ0n) is 15.3. The first-order valence-corrected chi connectivity index (χ1v) is 9.45. The Bertz CT molecular complexity index is 620. The van der Waals surface area contributed by atoms with Gasteiger partial charge in [0.2, 0.25) is 0 Å². The van der Waals surface area contributed by atoms with Gasteiger partial charge in [0.25, 0.3) is 0 Å². The van der Waals surface area contributed by atoms with E-state index in [0.29, 0.717) is 24.9 Å². The molecule has 1 aromatic carbocycles. The van der Waals surface area contributed by atoms with E-state index < -0.39 is 11.6 Å². The number of halogens is 2. The minimum absolute atomic E-state index is 0.316. The van der Waals surface area contributed by atoms with Crippen molar-refractivity contribution in [3.05, 3.63) is 29.8 Å². The first-order chi connectivity index (χ1) is 12.7. The van der Waals surface area contributed by atoms with Gasteiger partial charge in [-0.05, 0) is 31.4 Å². The lowest BCUT2D eigenvalue weighted by Gasteiger charge is -2.24. The Balaban J connectivity index is 1.36. The van der Waals surface area contributed by atoms with Crippen LogP contribution in [0, 0.1) is 11.6 Å². The maximum absolute atomic E-state index is 13.1. The number of nitrogens with one attached hydrogen (secondary N) is 2. The second-order valence-corrected chi connectivity index (χ2v) is 6.99. The van der Waals surface area contributed by atoms with E-state index >= 15 is 0 Å². The highest BCUT2D eigenvalue weighted by Crippen LogP contribution is 2.26. The van der Waals surface area contributed by atoms with Gasteiger partial charge in [0.05, 0.1) is 6.54 Å². The number of guanidine groups is 1. The molecule has 1 aromatic rings. The molecule has 2 aliphatic rings. The van der Waals surface area contributed by atoms with Crippen LogP contribution in [0.3, 0.4) is 0 Å². The molecule has 26 heavy (non-hydrogen) atoms. The summed E-state index contributed by atoms with van der Waals surface area (Å²) in [6.45, 7) is 3.08. The number of rotatable bonds is 6. The molecule has 0 bridgehead atoms. The van der Waals surface area contributed by atoms with Gasteiger partial charge in [0.1, 0.15) is 12.4 Å². The molecule has 5 nitrogen and oxygen atoms in total. The summed E-state index contributed by atoms with van der Waals surface area (Å²) in [6.07, 6.45) is 6.52. The molecule has 0 spiro atoms. The lowest BCUT2D eigenvalue weighted by molar-refractivity contribution is 0.242. The van der Waals surface area contributed by atoms with Crippen molar-refractivity contribution in [2.24, 2.45) is 4.99 Å². The van der Waals surface area contributed by atoms with Gasteiger partial charge >= 0.3 is 0 Å². The number of ether oxygens (including phenoxy) is 1. The van der Waals surface area contributed by atoms with Crippen LogP contribution >= 0.6 is 0 Å². The zero-order valence-corrected chi connectivity index (χ0v) is 15.3. The summed E-state index contributed by atoms with van der Waals surface area (Å²) in [5, 5.41) is 6.67. The molecule has 1 saturated heterocycles. The lowest BCUT2D eigenvalue weighted by atomic mass is 10.2. The van der Waals surface area contributed by atoms with E-state index in [2.05, 4.69) is 20.5 Å². The van der Waals surface area contributed by atoms with Crippen LogP contribution in [0.4, 0.5) is 8.78 Å². The molecule has 1 unspecified atom stereocenters. The molecule has 1 heterocycles. The van der Waals surface area contributed by atoms with Crippen molar-refractivity contribution in [2.45, 2.75) is 44.2 Å². The number of hydrogen-bond acceptors (Lipinski definition) is 3. The summed E-state index contributed by atoms with van der Waals surface area (Å²) in [6, 6.07) is 4.71. The zero-order chi connectivity index (χ0) is 18.4. The fourth-order valence-corrected chi connectivity index (χ4v) is 3.80. The largest absolute Gasteiger partial charge is 0.492 e. The van der Waals surface area contributed by atoms with Crippen LogP contribution in [0.1, 0.15) is 32.1 Å². The molecule has 7 heteroatoms. The Labute approximate surface area is 153 Å². The highest BCUT2D eigenvalue weighted by Gasteiger charge is 2.30. The average Bonchev–Trinajstić information content (AvgIpc) is 3.32. The van der Waals surface area contributed by atoms with Crippen molar-refractivity contribution < 1.29 is 13.5 Å². The first kappa shape index (κ1) is 18.9. The van der Waals surface area contributed by atoms with Crippen LogP contribution in [0.2, 0.25) is 0 Å². The standard InChI is InChI=1S/C19H28F2N4O/c1-22-19(23-9-11-26-16-6-7-17(20)18(21)12-16)24-14-8-10-25(13-14)15-4-2-3-5-15/h6-7,12,14-15H,2-5,8-11,13H2,1H3,(H2,22,23,24). The van der Waals surface area contributed by atoms with Gasteiger partial charge in [-0.3, -0.25) is 9.89 Å². The number of aliphatic imine (C=N–C) groups is 1. The van der Waals surface area contributed by atoms with Crippen molar-refractivity contribution in [1.29, 1.82) is 0 Å². The molecule has 0 amide bonds. The SMILES string of the molecule is CN=C(NCCOc1ccc(F)c(F)c1)NC1CCN(C2CCCC2)C1. The summed E-state index contributed by atoms with van der Waals surface area (Å²) >= 11 is 0. The summed E-state index contributed by atoms with van der Waals surface area (Å²) < 4.78 is 31.5. The quantitative estimate of drug-likeness (QED) is 0.461. The third kappa shape index (κ3) is 5.06. The molecule has 144 valence electrons. The van der Waals surface area contributed by atoms with E-state index in [-0.39, 0.29) is 0 Å². The minimum Gasteiger partial charge on any atom is -0.492 e. The van der Waals surface area contributed by atoms with E-state index in [4.69, 9.17) is 4.74 Å². The van der Waals surface area contributed by atoms with Crippen molar-refractivity contribution in [3.63, 3.8) is 0 Å². The van der Waals surface area contributed by atoms with Crippen molar-refractivity contribution in [3.8, 4) is 5.75 Å². The van der Waals surface area contributed by atoms with Crippen molar-refractivity contribution in [1.82, 2.24) is 15.5 Å². The normalized spacial score (nSPS) is 22.0. The maximum atomic E-state index is 13.1. The Kier molecular flexibility index (Phi) is 6.66. The monoisotopic (exact) mass is 366 g/mol. The second-order valence-electron chi connectivity index (χ2n) is 6.99. The van der Waals surface area contributed by atoms with Gasteiger partial charge < -0.3 is 15.4 Å². The van der Waals surface area contributed by atoms with E-state index in [9.17, 15) is 8.78 Å². The Hall–Kier alpha value is -1.89. The van der Waals surface area contributed by atoms with Crippen LogP contribution < -0.4 is 15.4 Å². The van der Waals surface area contributed by atoms with Crippen LogP contribution in [0.5, 0.6) is 5.75 Å². The van der Waals surface area contributed by atoms with E-state index in [1.165, 1.54) is 31.7 Å². The fourth-order valence-electron chi connectivity index (χ4n) is 3.80. The highest BCUT2D eigenvalue weighted by molar-refractivity contribution is 5.80. The molecule has 2 N–H and O–H groups in total. The highest BCUT2D eigenvalue weighted by atomic mass is 19.2. The first-order valence-electron chi connectivity index (χ1n) is 9.45. The summed E-state index contributed by atoms with van der Waals surface area (Å²) in [4.78, 5) is 6.86. The van der Waals surface area contributed by atoms with Crippen molar-refractivity contribution >= 4 is 5.96 Å². The van der Waals surface area contributed by atoms with Crippen LogP contribution in [-0.4, -0.2) is 56.2 Å². The topological polar surface area (TPSA) is 48.9 Å². The third-order valence-corrected chi connectivity index (χ3v) is 5.18. The Morgan fingerprint density at radius 2 is 2.04 bits per heavy atom. The lowest BCUT2D eigenvalue weighted by Crippen LogP contribution is -2.46. The van der Waals surface area contributed by atoms with Crippen LogP contribution in [0.15, 0.2) is 23.2 Å². The van der Waals surface area contributed by atoms with Gasteiger partial charge in [-0.2, -0.15) is 0 Å². The fraction of sp³-hybridized carbons (Fsp3) is 0.632. The van der Waals surface area contributed by atoms with E-state index in [1.807, 2.05) is 0 Å². The molecule has 0 radical (unpaired) electrons. The molecule has 2 fully saturated rings.